The number of thioether (sulfide) groups is 1. The Morgan fingerprint density at radius 3 is 2.91 bits per heavy atom. The van der Waals surface area contributed by atoms with Gasteiger partial charge in [-0.05, 0) is 39.3 Å². The van der Waals surface area contributed by atoms with Crippen LogP contribution >= 0.6 is 23.1 Å². The van der Waals surface area contributed by atoms with Gasteiger partial charge in [0, 0.05) is 60.6 Å². The minimum atomic E-state index is -0.842. The molecule has 0 amide bonds. The summed E-state index contributed by atoms with van der Waals surface area (Å²) in [6.45, 7) is 7.68. The van der Waals surface area contributed by atoms with Gasteiger partial charge in [-0.3, -0.25) is 4.90 Å². The molecule has 0 radical (unpaired) electrons. The molecule has 3 aromatic heterocycles. The van der Waals surface area contributed by atoms with Gasteiger partial charge in [0.25, 0.3) is 0 Å². The number of fused-ring (bicyclic) bond motifs is 3. The number of halogens is 1. The van der Waals surface area contributed by atoms with E-state index in [1.165, 1.54) is 16.2 Å². The molecule has 14 heteroatoms. The highest BCUT2D eigenvalue weighted by atomic mass is 32.2. The Labute approximate surface area is 258 Å². The second kappa shape index (κ2) is 10.6. The van der Waals surface area contributed by atoms with Gasteiger partial charge in [0.05, 0.1) is 21.9 Å². The second-order valence-electron chi connectivity index (χ2n) is 11.9. The van der Waals surface area contributed by atoms with E-state index in [1.54, 1.807) is 6.20 Å². The molecule has 43 heavy (non-hydrogen) atoms. The van der Waals surface area contributed by atoms with Gasteiger partial charge in [-0.2, -0.15) is 20.2 Å². The molecule has 0 aromatic carbocycles. The number of anilines is 4. The molecule has 3 aromatic rings. The lowest BCUT2D eigenvalue weighted by Gasteiger charge is -2.47. The summed E-state index contributed by atoms with van der Waals surface area (Å²) in [7, 11) is 0. The third-order valence-corrected chi connectivity index (χ3v) is 12.1. The molecule has 3 saturated heterocycles. The molecule has 7 heterocycles. The second-order valence-corrected chi connectivity index (χ2v) is 14.4. The first-order chi connectivity index (χ1) is 20.8. The van der Waals surface area contributed by atoms with Gasteiger partial charge in [-0.25, -0.2) is 9.37 Å². The van der Waals surface area contributed by atoms with E-state index in [0.717, 1.165) is 36.3 Å². The quantitative estimate of drug-likeness (QED) is 0.376. The first-order valence-electron chi connectivity index (χ1n) is 14.7. The fourth-order valence-corrected chi connectivity index (χ4v) is 10.1. The monoisotopic (exact) mass is 622 g/mol. The first kappa shape index (κ1) is 28.4. The summed E-state index contributed by atoms with van der Waals surface area (Å²) in [4.78, 5) is 26.4. The molecule has 0 bridgehead atoms. The number of nitrogens with zero attached hydrogens (tertiary/aromatic N) is 8. The van der Waals surface area contributed by atoms with Crippen LogP contribution in [0.15, 0.2) is 18.3 Å². The number of alkyl halides is 1. The van der Waals surface area contributed by atoms with Crippen molar-refractivity contribution in [2.45, 2.75) is 61.4 Å². The standard InChI is InChI=1S/C29H35FN10OS2/c1-3-40(17(2)19-6-4-8-34-23(19)32)26-35-25(36-27(37-26)41-16-28-7-5-9-39(28)12-18(30)10-28)38-14-29(15-38)22-20(11-31)24(33)43-21(22)13-42-29/h4,6,8,17-18H,3,5,7,9-10,12-16,33H2,1-2H3,(H2,32,34)/t17-,18+,28-/m0/s1. The van der Waals surface area contributed by atoms with Crippen molar-refractivity contribution in [1.82, 2.24) is 24.8 Å². The third-order valence-electron chi connectivity index (χ3n) is 9.44. The lowest BCUT2D eigenvalue weighted by Crippen LogP contribution is -2.57. The number of hydrogen-bond acceptors (Lipinski definition) is 13. The molecule has 0 unspecified atom stereocenters. The molecule has 3 fully saturated rings. The number of pyridine rings is 1. The van der Waals surface area contributed by atoms with Crippen LogP contribution in [0.1, 0.15) is 60.7 Å². The van der Waals surface area contributed by atoms with Crippen LogP contribution in [0.25, 0.3) is 0 Å². The molecule has 4 aliphatic heterocycles. The molecule has 4 aliphatic rings. The van der Waals surface area contributed by atoms with Crippen molar-refractivity contribution >= 4 is 45.8 Å². The lowest BCUT2D eigenvalue weighted by atomic mass is 9.88. The molecule has 0 aliphatic carbocycles. The summed E-state index contributed by atoms with van der Waals surface area (Å²) in [6.07, 6.45) is 3.23. The average molecular weight is 623 g/mol. The van der Waals surface area contributed by atoms with Gasteiger partial charge in [0.15, 0.2) is 0 Å². The van der Waals surface area contributed by atoms with E-state index >= 15 is 0 Å². The summed E-state index contributed by atoms with van der Waals surface area (Å²) in [5.41, 5.74) is 14.7. The van der Waals surface area contributed by atoms with Crippen LogP contribution in [0.4, 0.5) is 27.1 Å². The van der Waals surface area contributed by atoms with Crippen LogP contribution in [0.5, 0.6) is 6.01 Å². The molecule has 3 atom stereocenters. The van der Waals surface area contributed by atoms with Crippen molar-refractivity contribution in [3.63, 3.8) is 0 Å². The largest absolute Gasteiger partial charge is 0.461 e. The number of aromatic nitrogens is 4. The first-order valence-corrected chi connectivity index (χ1v) is 16.5. The van der Waals surface area contributed by atoms with E-state index in [4.69, 9.17) is 31.2 Å². The highest BCUT2D eigenvalue weighted by molar-refractivity contribution is 8.00. The SMILES string of the molecule is CCN(c1nc(OC[C@@]23CCCN2C[C@H](F)C3)nc(N2CC3(C2)SCc2sc(N)c(C#N)c23)n1)[C@@H](C)c1cccnc1N. The number of ether oxygens (including phenoxy) is 1. The van der Waals surface area contributed by atoms with Gasteiger partial charge < -0.3 is 26.0 Å². The zero-order valence-corrected chi connectivity index (χ0v) is 25.9. The Morgan fingerprint density at radius 2 is 2.14 bits per heavy atom. The highest BCUT2D eigenvalue weighted by Crippen LogP contribution is 2.57. The summed E-state index contributed by atoms with van der Waals surface area (Å²) in [5.74, 6) is 2.30. The lowest BCUT2D eigenvalue weighted by molar-refractivity contribution is 0.107. The van der Waals surface area contributed by atoms with Gasteiger partial charge in [0.1, 0.15) is 29.7 Å². The van der Waals surface area contributed by atoms with Crippen LogP contribution in [0.2, 0.25) is 0 Å². The van der Waals surface area contributed by atoms with Crippen LogP contribution in [0.3, 0.4) is 0 Å². The number of nitrogens with two attached hydrogens (primary N) is 2. The highest BCUT2D eigenvalue weighted by Gasteiger charge is 2.53. The Bertz CT molecular complexity index is 1590. The van der Waals surface area contributed by atoms with Crippen LogP contribution in [-0.2, 0) is 10.5 Å². The topological polar surface area (TPSA) is 146 Å². The normalized spacial score (nSPS) is 24.4. The molecule has 226 valence electrons. The van der Waals surface area contributed by atoms with Crippen molar-refractivity contribution in [3.8, 4) is 12.1 Å². The van der Waals surface area contributed by atoms with Crippen LogP contribution in [-0.4, -0.2) is 75.9 Å². The maximum atomic E-state index is 14.4. The van der Waals surface area contributed by atoms with Crippen molar-refractivity contribution in [3.05, 3.63) is 39.9 Å². The number of thiophene rings is 1. The van der Waals surface area contributed by atoms with E-state index in [1.807, 2.05) is 30.8 Å². The van der Waals surface area contributed by atoms with Crippen LogP contribution in [0, 0.1) is 11.3 Å². The Kier molecular flexibility index (Phi) is 7.02. The molecule has 4 N–H and O–H groups in total. The fourth-order valence-electron chi connectivity index (χ4n) is 7.29. The predicted octanol–water partition coefficient (Wildman–Crippen LogP) is 3.87. The molecule has 7 rings (SSSR count). The van der Waals surface area contributed by atoms with E-state index in [-0.39, 0.29) is 22.3 Å². The molecule has 11 nitrogen and oxygen atoms in total. The van der Waals surface area contributed by atoms with E-state index in [9.17, 15) is 9.65 Å². The average Bonchev–Trinajstić information content (AvgIpc) is 3.69. The van der Waals surface area contributed by atoms with Gasteiger partial charge in [-0.15, -0.1) is 23.1 Å². The summed E-state index contributed by atoms with van der Waals surface area (Å²) < 4.78 is 20.6. The number of nitrogen functional groups attached to an aromatic ring is 2. The fraction of sp³-hybridized carbons (Fsp3) is 0.552. The summed E-state index contributed by atoms with van der Waals surface area (Å²) in [6, 6.07) is 6.23. The summed E-state index contributed by atoms with van der Waals surface area (Å²) in [5, 5.41) is 10.4. The smallest absolute Gasteiger partial charge is 0.323 e. The predicted molar refractivity (Wildman–Crippen MR) is 167 cm³/mol. The summed E-state index contributed by atoms with van der Waals surface area (Å²) >= 11 is 3.37. The van der Waals surface area contributed by atoms with Gasteiger partial charge >= 0.3 is 6.01 Å². The molecular formula is C29H35FN10OS2. The number of rotatable bonds is 8. The van der Waals surface area contributed by atoms with Crippen molar-refractivity contribution < 1.29 is 9.13 Å². The molecule has 0 saturated carbocycles. The van der Waals surface area contributed by atoms with E-state index in [0.29, 0.717) is 67.5 Å². The number of nitriles is 1. The van der Waals surface area contributed by atoms with E-state index in [2.05, 4.69) is 32.7 Å². The van der Waals surface area contributed by atoms with Crippen molar-refractivity contribution in [2.24, 2.45) is 0 Å². The third kappa shape index (κ3) is 4.63. The van der Waals surface area contributed by atoms with Crippen molar-refractivity contribution in [1.29, 1.82) is 5.26 Å². The molecule has 1 spiro atoms. The minimum absolute atomic E-state index is 0.157. The maximum absolute atomic E-state index is 14.4. The Balaban J connectivity index is 1.20. The van der Waals surface area contributed by atoms with Gasteiger partial charge in [0.2, 0.25) is 11.9 Å². The Morgan fingerprint density at radius 1 is 1.30 bits per heavy atom. The maximum Gasteiger partial charge on any atom is 0.323 e. The van der Waals surface area contributed by atoms with Crippen LogP contribution < -0.4 is 26.0 Å². The zero-order chi connectivity index (χ0) is 29.9. The zero-order valence-electron chi connectivity index (χ0n) is 24.3. The van der Waals surface area contributed by atoms with Gasteiger partial charge in [-0.1, -0.05) is 6.07 Å². The van der Waals surface area contributed by atoms with Crippen molar-refractivity contribution in [2.75, 3.05) is 60.6 Å². The Hall–Kier alpha value is -3.41. The number of hydrogen-bond donors (Lipinski definition) is 2. The van der Waals surface area contributed by atoms with E-state index < -0.39 is 6.17 Å². The molecular weight excluding hydrogens is 588 g/mol. The minimum Gasteiger partial charge on any atom is -0.461 e.